The minimum Gasteiger partial charge on any atom is -0.349 e. The molecule has 1 atom stereocenters. The molecule has 0 bridgehead atoms. The van der Waals surface area contributed by atoms with Crippen molar-refractivity contribution in [1.29, 1.82) is 0 Å². The first-order valence-electron chi connectivity index (χ1n) is 9.13. The molecule has 0 saturated heterocycles. The van der Waals surface area contributed by atoms with Gasteiger partial charge in [-0.25, -0.2) is 13.4 Å². The molecule has 2 N–H and O–H groups in total. The Labute approximate surface area is 175 Å². The maximum atomic E-state index is 12.9. The number of aromatic nitrogens is 1. The summed E-state index contributed by atoms with van der Waals surface area (Å²) in [4.78, 5) is 17.1. The molecular weight excluding hydrogens is 406 g/mol. The molecule has 0 aliphatic carbocycles. The van der Waals surface area contributed by atoms with Crippen molar-refractivity contribution in [2.45, 2.75) is 37.8 Å². The summed E-state index contributed by atoms with van der Waals surface area (Å²) < 4.78 is 28.4. The second-order valence-electron chi connectivity index (χ2n) is 6.81. The third-order valence-electron chi connectivity index (χ3n) is 4.61. The molecule has 1 aromatic heterocycles. The number of nitrogens with one attached hydrogen (secondary N) is 2. The molecule has 0 aliphatic heterocycles. The quantitative estimate of drug-likeness (QED) is 0.576. The molecule has 1 heterocycles. The van der Waals surface area contributed by atoms with E-state index in [9.17, 15) is 13.2 Å². The molecule has 0 spiro atoms. The maximum Gasteiger partial charge on any atom is 0.241 e. The van der Waals surface area contributed by atoms with E-state index >= 15 is 0 Å². The Morgan fingerprint density at radius 3 is 2.52 bits per heavy atom. The molecule has 3 aromatic rings. The fourth-order valence-corrected chi connectivity index (χ4v) is 4.64. The minimum absolute atomic E-state index is 0.144. The standard InChI is InChI=1S/C21H23N3O3S2/c1-15-8-9-19(10-16(15)2)29(26,27)24-20(11-17-6-4-3-5-7-17)21(25)22-12-18-13-28-14-23-18/h3-10,13-14,20,24H,11-12H2,1-2H3,(H,22,25)/t20-/m0/s1. The van der Waals surface area contributed by atoms with Gasteiger partial charge in [0.1, 0.15) is 6.04 Å². The largest absolute Gasteiger partial charge is 0.349 e. The summed E-state index contributed by atoms with van der Waals surface area (Å²) >= 11 is 1.44. The van der Waals surface area contributed by atoms with Crippen molar-refractivity contribution in [2.75, 3.05) is 0 Å². The molecule has 2 aromatic carbocycles. The van der Waals surface area contributed by atoms with Crippen LogP contribution in [-0.4, -0.2) is 25.4 Å². The summed E-state index contributed by atoms with van der Waals surface area (Å²) in [5.41, 5.74) is 5.17. The van der Waals surface area contributed by atoms with Crippen molar-refractivity contribution >= 4 is 27.3 Å². The number of benzene rings is 2. The first-order chi connectivity index (χ1) is 13.8. The van der Waals surface area contributed by atoms with Gasteiger partial charge in [0, 0.05) is 5.38 Å². The predicted molar refractivity (Wildman–Crippen MR) is 114 cm³/mol. The highest BCUT2D eigenvalue weighted by atomic mass is 32.2. The SMILES string of the molecule is Cc1ccc(S(=O)(=O)N[C@@H](Cc2ccccc2)C(=O)NCc2cscn2)cc1C. The molecular formula is C21H23N3O3S2. The van der Waals surface area contributed by atoms with Crippen LogP contribution in [0.5, 0.6) is 0 Å². The molecule has 152 valence electrons. The average Bonchev–Trinajstić information content (AvgIpc) is 3.22. The van der Waals surface area contributed by atoms with Crippen molar-refractivity contribution in [2.24, 2.45) is 0 Å². The first-order valence-corrected chi connectivity index (χ1v) is 11.6. The van der Waals surface area contributed by atoms with E-state index in [1.165, 1.54) is 11.3 Å². The summed E-state index contributed by atoms with van der Waals surface area (Å²) in [6, 6.07) is 13.3. The van der Waals surface area contributed by atoms with Crippen LogP contribution in [-0.2, 0) is 27.8 Å². The summed E-state index contributed by atoms with van der Waals surface area (Å²) in [6.07, 6.45) is 0.244. The van der Waals surface area contributed by atoms with Crippen LogP contribution in [0.15, 0.2) is 64.3 Å². The molecule has 0 radical (unpaired) electrons. The van der Waals surface area contributed by atoms with E-state index in [0.29, 0.717) is 0 Å². The number of aryl methyl sites for hydroxylation is 2. The Morgan fingerprint density at radius 1 is 1.10 bits per heavy atom. The zero-order valence-electron chi connectivity index (χ0n) is 16.3. The van der Waals surface area contributed by atoms with Gasteiger partial charge < -0.3 is 5.32 Å². The lowest BCUT2D eigenvalue weighted by molar-refractivity contribution is -0.122. The molecule has 29 heavy (non-hydrogen) atoms. The Hall–Kier alpha value is -2.55. The third-order valence-corrected chi connectivity index (χ3v) is 6.72. The number of hydrogen-bond donors (Lipinski definition) is 2. The first kappa shape index (κ1) is 21.2. The smallest absolute Gasteiger partial charge is 0.241 e. The Bertz CT molecular complexity index is 1070. The van der Waals surface area contributed by atoms with Crippen molar-refractivity contribution < 1.29 is 13.2 Å². The van der Waals surface area contributed by atoms with Crippen LogP contribution < -0.4 is 10.0 Å². The zero-order valence-corrected chi connectivity index (χ0v) is 17.9. The number of amides is 1. The van der Waals surface area contributed by atoms with Crippen LogP contribution >= 0.6 is 11.3 Å². The van der Waals surface area contributed by atoms with E-state index in [0.717, 1.165) is 22.4 Å². The summed E-state index contributed by atoms with van der Waals surface area (Å²) in [6.45, 7) is 4.03. The molecule has 3 rings (SSSR count). The fraction of sp³-hybridized carbons (Fsp3) is 0.238. The molecule has 0 saturated carbocycles. The van der Waals surface area contributed by atoms with E-state index in [4.69, 9.17) is 0 Å². The third kappa shape index (κ3) is 5.72. The molecule has 6 nitrogen and oxygen atoms in total. The molecule has 0 unspecified atom stereocenters. The lowest BCUT2D eigenvalue weighted by Crippen LogP contribution is -2.47. The maximum absolute atomic E-state index is 12.9. The van der Waals surface area contributed by atoms with Gasteiger partial charge in [-0.2, -0.15) is 4.72 Å². The van der Waals surface area contributed by atoms with Crippen LogP contribution in [0.25, 0.3) is 0 Å². The van der Waals surface area contributed by atoms with E-state index < -0.39 is 22.0 Å². The van der Waals surface area contributed by atoms with E-state index in [1.807, 2.05) is 49.6 Å². The van der Waals surface area contributed by atoms with Crippen molar-refractivity contribution in [3.05, 3.63) is 81.8 Å². The van der Waals surface area contributed by atoms with Gasteiger partial charge in [0.05, 0.1) is 22.6 Å². The number of nitrogens with zero attached hydrogens (tertiary/aromatic N) is 1. The van der Waals surface area contributed by atoms with Crippen LogP contribution in [0, 0.1) is 13.8 Å². The molecule has 1 amide bonds. The van der Waals surface area contributed by atoms with Crippen LogP contribution in [0.3, 0.4) is 0 Å². The average molecular weight is 430 g/mol. The van der Waals surface area contributed by atoms with Gasteiger partial charge >= 0.3 is 0 Å². The second-order valence-corrected chi connectivity index (χ2v) is 9.24. The van der Waals surface area contributed by atoms with Gasteiger partial charge in [0.2, 0.25) is 15.9 Å². The number of hydrogen-bond acceptors (Lipinski definition) is 5. The fourth-order valence-electron chi connectivity index (χ4n) is 2.80. The van der Waals surface area contributed by atoms with Crippen LogP contribution in [0.4, 0.5) is 0 Å². The van der Waals surface area contributed by atoms with Gasteiger partial charge in [-0.15, -0.1) is 11.3 Å². The van der Waals surface area contributed by atoms with Gasteiger partial charge in [0.25, 0.3) is 0 Å². The number of rotatable bonds is 8. The van der Waals surface area contributed by atoms with Crippen LogP contribution in [0.2, 0.25) is 0 Å². The highest BCUT2D eigenvalue weighted by Gasteiger charge is 2.26. The predicted octanol–water partition coefficient (Wildman–Crippen LogP) is 2.97. The topological polar surface area (TPSA) is 88.2 Å². The number of sulfonamides is 1. The summed E-state index contributed by atoms with van der Waals surface area (Å²) in [5.74, 6) is -0.394. The number of carbonyl (C=O) groups is 1. The number of carbonyl (C=O) groups excluding carboxylic acids is 1. The van der Waals surface area contributed by atoms with Gasteiger partial charge in [0.15, 0.2) is 0 Å². The normalized spacial score (nSPS) is 12.5. The van der Waals surface area contributed by atoms with Crippen molar-refractivity contribution in [3.63, 3.8) is 0 Å². The highest BCUT2D eigenvalue weighted by molar-refractivity contribution is 7.89. The lowest BCUT2D eigenvalue weighted by atomic mass is 10.1. The molecule has 0 fully saturated rings. The minimum atomic E-state index is -3.86. The van der Waals surface area contributed by atoms with Gasteiger partial charge in [-0.05, 0) is 49.1 Å². The molecule has 0 aliphatic rings. The van der Waals surface area contributed by atoms with Crippen molar-refractivity contribution in [1.82, 2.24) is 15.0 Å². The van der Waals surface area contributed by atoms with Crippen molar-refractivity contribution in [3.8, 4) is 0 Å². The zero-order chi connectivity index (χ0) is 20.9. The van der Waals surface area contributed by atoms with Gasteiger partial charge in [-0.3, -0.25) is 4.79 Å². The van der Waals surface area contributed by atoms with E-state index in [-0.39, 0.29) is 17.9 Å². The summed E-state index contributed by atoms with van der Waals surface area (Å²) in [7, 11) is -3.86. The van der Waals surface area contributed by atoms with Crippen LogP contribution in [0.1, 0.15) is 22.4 Å². The molecule has 8 heteroatoms. The Morgan fingerprint density at radius 2 is 1.86 bits per heavy atom. The Balaban J connectivity index is 1.81. The van der Waals surface area contributed by atoms with E-state index in [1.54, 1.807) is 23.7 Å². The highest BCUT2D eigenvalue weighted by Crippen LogP contribution is 2.16. The van der Waals surface area contributed by atoms with E-state index in [2.05, 4.69) is 15.0 Å². The Kier molecular flexibility index (Phi) is 6.79. The lowest BCUT2D eigenvalue weighted by Gasteiger charge is -2.19. The second kappa shape index (κ2) is 9.30. The number of thiazole rings is 1. The van der Waals surface area contributed by atoms with Gasteiger partial charge in [-0.1, -0.05) is 36.4 Å². The summed E-state index contributed by atoms with van der Waals surface area (Å²) in [5, 5.41) is 4.62. The monoisotopic (exact) mass is 429 g/mol.